The third kappa shape index (κ3) is 5.27. The van der Waals surface area contributed by atoms with Gasteiger partial charge in [0.2, 0.25) is 16.0 Å². The minimum Gasteiger partial charge on any atom is -0.490 e. The van der Waals surface area contributed by atoms with Gasteiger partial charge in [-0.1, -0.05) is 25.5 Å². The Hall–Kier alpha value is -2.52. The van der Waals surface area contributed by atoms with Gasteiger partial charge in [0.15, 0.2) is 11.6 Å². The number of sulfonamides is 1. The number of rotatable bonds is 8. The largest absolute Gasteiger partial charge is 0.490 e. The van der Waals surface area contributed by atoms with Crippen LogP contribution in [0.1, 0.15) is 30.9 Å². The van der Waals surface area contributed by atoms with Gasteiger partial charge in [-0.05, 0) is 41.7 Å². The van der Waals surface area contributed by atoms with E-state index in [1.165, 1.54) is 16.6 Å². The van der Waals surface area contributed by atoms with E-state index in [0.717, 1.165) is 48.6 Å². The van der Waals surface area contributed by atoms with Crippen molar-refractivity contribution >= 4 is 21.5 Å². The normalized spacial score (nSPS) is 17.7. The quantitative estimate of drug-likeness (QED) is 0.603. The summed E-state index contributed by atoms with van der Waals surface area (Å²) >= 11 is 0. The first kappa shape index (κ1) is 22.7. The minimum atomic E-state index is -3.20. The van der Waals surface area contributed by atoms with E-state index in [4.69, 9.17) is 4.74 Å². The van der Waals surface area contributed by atoms with Crippen LogP contribution >= 0.6 is 0 Å². The molecule has 0 spiro atoms. The SMILES string of the molecule is CCCc1cnc(N2CC(COc3ccc(C4=CCN(S(C)(=O)=O)CC4)cc3F)C2)nc1. The molecule has 0 aliphatic carbocycles. The minimum absolute atomic E-state index is 0.238. The third-order valence-electron chi connectivity index (χ3n) is 5.89. The molecule has 0 saturated carbocycles. The zero-order valence-electron chi connectivity index (χ0n) is 18.5. The molecule has 4 rings (SSSR count). The molecule has 2 aromatic rings. The van der Waals surface area contributed by atoms with Gasteiger partial charge in [0, 0.05) is 44.5 Å². The Morgan fingerprint density at radius 2 is 1.97 bits per heavy atom. The molecule has 7 nitrogen and oxygen atoms in total. The highest BCUT2D eigenvalue weighted by atomic mass is 32.2. The summed E-state index contributed by atoms with van der Waals surface area (Å²) < 4.78 is 45.0. The maximum atomic E-state index is 14.6. The standard InChI is InChI=1S/C23H29FN4O3S/c1-3-4-17-12-25-23(26-13-17)27-14-18(15-27)16-31-22-6-5-20(11-21(22)24)19-7-9-28(10-8-19)32(2,29)30/h5-7,11-13,18H,3-4,8-10,14-16H2,1-2H3. The molecule has 32 heavy (non-hydrogen) atoms. The summed E-state index contributed by atoms with van der Waals surface area (Å²) in [6.45, 7) is 4.87. The van der Waals surface area contributed by atoms with Gasteiger partial charge in [0.05, 0.1) is 12.9 Å². The molecule has 1 fully saturated rings. The molecule has 2 aliphatic rings. The molecule has 3 heterocycles. The first-order valence-corrected chi connectivity index (χ1v) is 12.8. The van der Waals surface area contributed by atoms with Crippen LogP contribution in [0.2, 0.25) is 0 Å². The van der Waals surface area contributed by atoms with E-state index in [1.54, 1.807) is 6.07 Å². The number of aromatic nitrogens is 2. The molecular weight excluding hydrogens is 431 g/mol. The van der Waals surface area contributed by atoms with Crippen molar-refractivity contribution in [3.8, 4) is 5.75 Å². The topological polar surface area (TPSA) is 75.6 Å². The summed E-state index contributed by atoms with van der Waals surface area (Å²) in [6, 6.07) is 4.95. The summed E-state index contributed by atoms with van der Waals surface area (Å²) in [7, 11) is -3.20. The van der Waals surface area contributed by atoms with Crippen LogP contribution in [0.15, 0.2) is 36.7 Å². The highest BCUT2D eigenvalue weighted by Gasteiger charge is 2.29. The number of anilines is 1. The number of hydrogen-bond donors (Lipinski definition) is 0. The van der Waals surface area contributed by atoms with Gasteiger partial charge in [-0.25, -0.2) is 22.8 Å². The molecule has 0 radical (unpaired) electrons. The van der Waals surface area contributed by atoms with E-state index in [0.29, 0.717) is 32.0 Å². The highest BCUT2D eigenvalue weighted by Crippen LogP contribution is 2.28. The van der Waals surface area contributed by atoms with E-state index < -0.39 is 15.8 Å². The molecule has 0 N–H and O–H groups in total. The van der Waals surface area contributed by atoms with Crippen molar-refractivity contribution in [2.45, 2.75) is 26.2 Å². The molecule has 172 valence electrons. The average Bonchev–Trinajstić information content (AvgIpc) is 2.74. The third-order valence-corrected chi connectivity index (χ3v) is 7.16. The summed E-state index contributed by atoms with van der Waals surface area (Å²) in [5.41, 5.74) is 2.86. The molecule has 0 amide bonds. The van der Waals surface area contributed by atoms with Gasteiger partial charge >= 0.3 is 0 Å². The number of aryl methyl sites for hydroxylation is 1. The van der Waals surface area contributed by atoms with Crippen molar-refractivity contribution in [2.75, 3.05) is 43.9 Å². The van der Waals surface area contributed by atoms with Crippen molar-refractivity contribution in [1.29, 1.82) is 0 Å². The molecule has 0 atom stereocenters. The van der Waals surface area contributed by atoms with Crippen LogP contribution in [-0.2, 0) is 16.4 Å². The fourth-order valence-corrected chi connectivity index (χ4v) is 4.78. The second-order valence-corrected chi connectivity index (χ2v) is 10.5. The lowest BCUT2D eigenvalue weighted by molar-refractivity contribution is 0.212. The number of halogens is 1. The Labute approximate surface area is 189 Å². The zero-order chi connectivity index (χ0) is 22.7. The van der Waals surface area contributed by atoms with Gasteiger partial charge in [-0.15, -0.1) is 0 Å². The van der Waals surface area contributed by atoms with E-state index in [9.17, 15) is 12.8 Å². The van der Waals surface area contributed by atoms with Crippen molar-refractivity contribution in [1.82, 2.24) is 14.3 Å². The van der Waals surface area contributed by atoms with Gasteiger partial charge in [-0.3, -0.25) is 0 Å². The lowest BCUT2D eigenvalue weighted by Gasteiger charge is -2.38. The monoisotopic (exact) mass is 460 g/mol. The first-order valence-electron chi connectivity index (χ1n) is 11.0. The molecular formula is C23H29FN4O3S. The van der Waals surface area contributed by atoms with Crippen LogP contribution in [0.5, 0.6) is 5.75 Å². The average molecular weight is 461 g/mol. The van der Waals surface area contributed by atoms with Crippen molar-refractivity contribution < 1.29 is 17.5 Å². The van der Waals surface area contributed by atoms with E-state index in [1.807, 2.05) is 24.5 Å². The second-order valence-electron chi connectivity index (χ2n) is 8.47. The smallest absolute Gasteiger partial charge is 0.225 e. The predicted molar refractivity (Wildman–Crippen MR) is 123 cm³/mol. The van der Waals surface area contributed by atoms with Crippen LogP contribution < -0.4 is 9.64 Å². The molecule has 1 saturated heterocycles. The second kappa shape index (κ2) is 9.54. The summed E-state index contributed by atoms with van der Waals surface area (Å²) in [5.74, 6) is 0.865. The van der Waals surface area contributed by atoms with Crippen molar-refractivity contribution in [3.05, 3.63) is 53.6 Å². The molecule has 0 unspecified atom stereocenters. The Balaban J connectivity index is 1.28. The summed E-state index contributed by atoms with van der Waals surface area (Å²) in [6.07, 6.45) is 9.43. The Kier molecular flexibility index (Phi) is 6.76. The van der Waals surface area contributed by atoms with Crippen molar-refractivity contribution in [3.63, 3.8) is 0 Å². The number of ether oxygens (including phenoxy) is 1. The number of benzene rings is 1. The molecule has 9 heteroatoms. The predicted octanol–water partition coefficient (Wildman–Crippen LogP) is 3.13. The van der Waals surface area contributed by atoms with Gasteiger partial charge in [-0.2, -0.15) is 4.31 Å². The molecule has 2 aliphatic heterocycles. The summed E-state index contributed by atoms with van der Waals surface area (Å²) in [4.78, 5) is 11.0. The molecule has 1 aromatic carbocycles. The fraction of sp³-hybridized carbons (Fsp3) is 0.478. The maximum Gasteiger partial charge on any atom is 0.225 e. The van der Waals surface area contributed by atoms with Gasteiger partial charge in [0.25, 0.3) is 0 Å². The Morgan fingerprint density at radius 3 is 2.56 bits per heavy atom. The fourth-order valence-electron chi connectivity index (χ4n) is 4.01. The van der Waals surface area contributed by atoms with Crippen LogP contribution in [0.3, 0.4) is 0 Å². The summed E-state index contributed by atoms with van der Waals surface area (Å²) in [5, 5.41) is 0. The van der Waals surface area contributed by atoms with Crippen LogP contribution in [-0.4, -0.2) is 61.7 Å². The highest BCUT2D eigenvalue weighted by molar-refractivity contribution is 7.88. The van der Waals surface area contributed by atoms with E-state index in [2.05, 4.69) is 21.8 Å². The van der Waals surface area contributed by atoms with Crippen LogP contribution in [0, 0.1) is 11.7 Å². The van der Waals surface area contributed by atoms with Crippen LogP contribution in [0.4, 0.5) is 10.3 Å². The lowest BCUT2D eigenvalue weighted by Crippen LogP contribution is -2.50. The van der Waals surface area contributed by atoms with Gasteiger partial charge in [0.1, 0.15) is 0 Å². The lowest BCUT2D eigenvalue weighted by atomic mass is 10.00. The van der Waals surface area contributed by atoms with E-state index >= 15 is 0 Å². The zero-order valence-corrected chi connectivity index (χ0v) is 19.3. The Morgan fingerprint density at radius 1 is 1.22 bits per heavy atom. The maximum absolute atomic E-state index is 14.6. The van der Waals surface area contributed by atoms with Crippen molar-refractivity contribution in [2.24, 2.45) is 5.92 Å². The van der Waals surface area contributed by atoms with E-state index in [-0.39, 0.29) is 5.75 Å². The molecule has 0 bridgehead atoms. The Bertz CT molecular complexity index is 1080. The molecule has 1 aromatic heterocycles. The number of hydrogen-bond acceptors (Lipinski definition) is 6. The van der Waals surface area contributed by atoms with Crippen LogP contribution in [0.25, 0.3) is 5.57 Å². The number of nitrogens with zero attached hydrogens (tertiary/aromatic N) is 4. The van der Waals surface area contributed by atoms with Gasteiger partial charge < -0.3 is 9.64 Å². The first-order chi connectivity index (χ1) is 15.3.